The Kier molecular flexibility index (Phi) is 7.07. The molecule has 3 rings (SSSR count). The van der Waals surface area contributed by atoms with Crippen molar-refractivity contribution in [3.63, 3.8) is 0 Å². The number of nitrogens with zero attached hydrogens (tertiary/aromatic N) is 1. The molecule has 146 valence electrons. The molecule has 1 aliphatic rings. The highest BCUT2D eigenvalue weighted by molar-refractivity contribution is 6.32. The second-order valence-electron chi connectivity index (χ2n) is 7.03. The summed E-state index contributed by atoms with van der Waals surface area (Å²) in [5, 5.41) is 21.3. The number of β-amino-alcohol motifs (C(OH)–C–C–N with tert-alkyl or cyclic N) is 1. The van der Waals surface area contributed by atoms with Crippen LogP contribution in [-0.2, 0) is 0 Å². The molecule has 1 saturated heterocycles. The maximum atomic E-state index is 13.0. The van der Waals surface area contributed by atoms with Gasteiger partial charge in [-0.15, -0.1) is 0 Å². The molecule has 2 atom stereocenters. The molecule has 0 radical (unpaired) electrons. The number of hydrogen-bond donors (Lipinski definition) is 2. The molecule has 0 aromatic heterocycles. The monoisotopic (exact) mass is 393 g/mol. The Bertz CT molecular complexity index is 720. The van der Waals surface area contributed by atoms with Crippen LogP contribution in [-0.4, -0.2) is 47.5 Å². The molecular formula is C21H25ClFNO3. The zero-order valence-corrected chi connectivity index (χ0v) is 15.9. The molecule has 0 amide bonds. The van der Waals surface area contributed by atoms with Crippen LogP contribution in [0.15, 0.2) is 48.5 Å². The number of ether oxygens (including phenoxy) is 1. The molecular weight excluding hydrogens is 369 g/mol. The molecule has 4 nitrogen and oxygen atoms in total. The molecule has 1 fully saturated rings. The smallest absolute Gasteiger partial charge is 0.138 e. The lowest BCUT2D eigenvalue weighted by molar-refractivity contribution is 0.0278. The number of para-hydroxylation sites is 1. The summed E-state index contributed by atoms with van der Waals surface area (Å²) >= 11 is 6.04. The number of benzene rings is 2. The number of hydrogen-bond acceptors (Lipinski definition) is 4. The first-order chi connectivity index (χ1) is 13.0. The van der Waals surface area contributed by atoms with Gasteiger partial charge in [0, 0.05) is 6.54 Å². The lowest BCUT2D eigenvalue weighted by atomic mass is 9.87. The highest BCUT2D eigenvalue weighted by Gasteiger charge is 2.27. The van der Waals surface area contributed by atoms with Crippen molar-refractivity contribution in [2.45, 2.75) is 25.0 Å². The van der Waals surface area contributed by atoms with Crippen molar-refractivity contribution in [3.8, 4) is 5.75 Å². The Morgan fingerprint density at radius 2 is 1.74 bits per heavy atom. The average molecular weight is 394 g/mol. The Hall–Kier alpha value is -1.66. The minimum absolute atomic E-state index is 0.142. The Morgan fingerprint density at radius 3 is 2.41 bits per heavy atom. The molecule has 2 unspecified atom stereocenters. The van der Waals surface area contributed by atoms with Crippen LogP contribution in [0.4, 0.5) is 4.39 Å². The minimum Gasteiger partial charge on any atom is -0.489 e. The molecule has 0 saturated carbocycles. The van der Waals surface area contributed by atoms with Gasteiger partial charge < -0.3 is 19.8 Å². The second-order valence-corrected chi connectivity index (χ2v) is 7.44. The van der Waals surface area contributed by atoms with E-state index in [1.54, 1.807) is 24.3 Å². The molecule has 27 heavy (non-hydrogen) atoms. The molecule has 0 aliphatic carbocycles. The van der Waals surface area contributed by atoms with Gasteiger partial charge in [0.25, 0.3) is 0 Å². The van der Waals surface area contributed by atoms with Crippen LogP contribution in [0.25, 0.3) is 0 Å². The number of aliphatic hydroxyl groups is 2. The zero-order valence-electron chi connectivity index (χ0n) is 15.1. The summed E-state index contributed by atoms with van der Waals surface area (Å²) < 4.78 is 18.6. The fraction of sp³-hybridized carbons (Fsp3) is 0.429. The van der Waals surface area contributed by atoms with E-state index in [2.05, 4.69) is 4.90 Å². The van der Waals surface area contributed by atoms with Gasteiger partial charge in [0.1, 0.15) is 24.3 Å². The first kappa shape index (κ1) is 20.1. The molecule has 2 aromatic rings. The molecule has 0 bridgehead atoms. The summed E-state index contributed by atoms with van der Waals surface area (Å²) in [6.07, 6.45) is 0.467. The van der Waals surface area contributed by atoms with E-state index in [0.717, 1.165) is 31.5 Å². The van der Waals surface area contributed by atoms with E-state index in [9.17, 15) is 14.6 Å². The number of piperidine rings is 1. The molecule has 1 aliphatic heterocycles. The van der Waals surface area contributed by atoms with Crippen molar-refractivity contribution >= 4 is 11.6 Å². The third-order valence-corrected chi connectivity index (χ3v) is 5.34. The first-order valence-electron chi connectivity index (χ1n) is 9.24. The Morgan fingerprint density at radius 1 is 1.07 bits per heavy atom. The summed E-state index contributed by atoms with van der Waals surface area (Å²) in [4.78, 5) is 2.18. The average Bonchev–Trinajstić information content (AvgIpc) is 2.68. The van der Waals surface area contributed by atoms with E-state index >= 15 is 0 Å². The molecule has 1 heterocycles. The van der Waals surface area contributed by atoms with Crippen LogP contribution in [0.3, 0.4) is 0 Å². The quantitative estimate of drug-likeness (QED) is 0.753. The van der Waals surface area contributed by atoms with Gasteiger partial charge in [-0.1, -0.05) is 35.9 Å². The summed E-state index contributed by atoms with van der Waals surface area (Å²) in [7, 11) is 0. The fourth-order valence-corrected chi connectivity index (χ4v) is 3.67. The summed E-state index contributed by atoms with van der Waals surface area (Å²) in [5.74, 6) is 0.413. The maximum Gasteiger partial charge on any atom is 0.138 e. The molecule has 2 aromatic carbocycles. The van der Waals surface area contributed by atoms with Crippen molar-refractivity contribution in [1.82, 2.24) is 4.90 Å². The topological polar surface area (TPSA) is 52.9 Å². The van der Waals surface area contributed by atoms with Crippen molar-refractivity contribution in [1.29, 1.82) is 0 Å². The highest BCUT2D eigenvalue weighted by atomic mass is 35.5. The lowest BCUT2D eigenvalue weighted by Gasteiger charge is -2.35. The normalized spacial score (nSPS) is 18.2. The lowest BCUT2D eigenvalue weighted by Crippen LogP contribution is -2.41. The minimum atomic E-state index is -0.611. The summed E-state index contributed by atoms with van der Waals surface area (Å²) in [6.45, 7) is 2.30. The van der Waals surface area contributed by atoms with Crippen LogP contribution in [0.5, 0.6) is 5.75 Å². The van der Waals surface area contributed by atoms with Crippen molar-refractivity contribution in [2.75, 3.05) is 26.2 Å². The van der Waals surface area contributed by atoms with E-state index in [4.69, 9.17) is 16.3 Å². The highest BCUT2D eigenvalue weighted by Crippen LogP contribution is 2.31. The van der Waals surface area contributed by atoms with Crippen LogP contribution in [0.2, 0.25) is 5.02 Å². The van der Waals surface area contributed by atoms with Gasteiger partial charge in [-0.3, -0.25) is 0 Å². The third-order valence-electron chi connectivity index (χ3n) is 5.03. The van der Waals surface area contributed by atoms with Crippen molar-refractivity contribution in [2.24, 2.45) is 5.92 Å². The Balaban J connectivity index is 1.42. The van der Waals surface area contributed by atoms with Crippen LogP contribution >= 0.6 is 11.6 Å². The SMILES string of the molecule is OC(COc1ccccc1Cl)CN1CCC(C(O)c2ccc(F)cc2)CC1. The van der Waals surface area contributed by atoms with Gasteiger partial charge in [0.05, 0.1) is 11.1 Å². The van der Waals surface area contributed by atoms with E-state index in [1.807, 2.05) is 12.1 Å². The second kappa shape index (κ2) is 9.51. The van der Waals surface area contributed by atoms with Gasteiger partial charge >= 0.3 is 0 Å². The maximum absolute atomic E-state index is 13.0. The standard InChI is InChI=1S/C21H25ClFNO3/c22-19-3-1-2-4-20(19)27-14-18(25)13-24-11-9-16(10-12-24)21(26)15-5-7-17(23)8-6-15/h1-8,16,18,21,25-26H,9-14H2. The largest absolute Gasteiger partial charge is 0.489 e. The van der Waals surface area contributed by atoms with E-state index in [1.165, 1.54) is 12.1 Å². The van der Waals surface area contributed by atoms with Crippen LogP contribution in [0, 0.1) is 11.7 Å². The van der Waals surface area contributed by atoms with Gasteiger partial charge in [0.2, 0.25) is 0 Å². The van der Waals surface area contributed by atoms with E-state index < -0.39 is 12.2 Å². The van der Waals surface area contributed by atoms with Crippen molar-refractivity contribution < 1.29 is 19.3 Å². The van der Waals surface area contributed by atoms with Crippen LogP contribution in [0.1, 0.15) is 24.5 Å². The fourth-order valence-electron chi connectivity index (χ4n) is 3.48. The molecule has 6 heteroatoms. The van der Waals surface area contributed by atoms with Gasteiger partial charge in [-0.25, -0.2) is 4.39 Å². The van der Waals surface area contributed by atoms with Crippen molar-refractivity contribution in [3.05, 3.63) is 64.9 Å². The summed E-state index contributed by atoms with van der Waals surface area (Å²) in [6, 6.07) is 13.2. The van der Waals surface area contributed by atoms with E-state index in [-0.39, 0.29) is 18.3 Å². The summed E-state index contributed by atoms with van der Waals surface area (Å²) in [5.41, 5.74) is 0.753. The number of likely N-dealkylation sites (tertiary alicyclic amines) is 1. The third kappa shape index (κ3) is 5.66. The molecule has 2 N–H and O–H groups in total. The predicted molar refractivity (Wildman–Crippen MR) is 103 cm³/mol. The number of halogens is 2. The van der Waals surface area contributed by atoms with Gasteiger partial charge in [-0.05, 0) is 61.7 Å². The van der Waals surface area contributed by atoms with Crippen LogP contribution < -0.4 is 4.74 Å². The number of rotatable bonds is 7. The number of aliphatic hydroxyl groups excluding tert-OH is 2. The Labute approximate surface area is 164 Å². The zero-order chi connectivity index (χ0) is 19.2. The predicted octanol–water partition coefficient (Wildman–Crippen LogP) is 3.66. The van der Waals surface area contributed by atoms with Gasteiger partial charge in [-0.2, -0.15) is 0 Å². The molecule has 0 spiro atoms. The van der Waals surface area contributed by atoms with E-state index in [0.29, 0.717) is 17.3 Å². The first-order valence-corrected chi connectivity index (χ1v) is 9.62. The van der Waals surface area contributed by atoms with Gasteiger partial charge in [0.15, 0.2) is 0 Å².